The van der Waals surface area contributed by atoms with Crippen LogP contribution in [0.25, 0.3) is 10.9 Å². The number of amides is 1. The summed E-state index contributed by atoms with van der Waals surface area (Å²) in [6.45, 7) is 5.00. The molecule has 0 unspecified atom stereocenters. The van der Waals surface area contributed by atoms with Crippen LogP contribution in [0.4, 0.5) is 5.69 Å². The topological polar surface area (TPSA) is 54.0 Å². The van der Waals surface area contributed by atoms with Crippen LogP contribution in [-0.4, -0.2) is 24.0 Å². The first-order valence-electron chi connectivity index (χ1n) is 6.07. The number of pyridine rings is 1. The SMILES string of the molecule is CCNCC(=O)Nc1cc(C)nc2ccccc12. The van der Waals surface area contributed by atoms with E-state index < -0.39 is 0 Å². The Hall–Kier alpha value is -1.94. The minimum Gasteiger partial charge on any atom is -0.324 e. The van der Waals surface area contributed by atoms with Crippen LogP contribution in [0.3, 0.4) is 0 Å². The second-order valence-electron chi connectivity index (χ2n) is 4.16. The van der Waals surface area contributed by atoms with Gasteiger partial charge in [0.1, 0.15) is 0 Å². The number of hydrogen-bond donors (Lipinski definition) is 2. The smallest absolute Gasteiger partial charge is 0.238 e. The fourth-order valence-corrected chi connectivity index (χ4v) is 1.84. The molecule has 0 radical (unpaired) electrons. The molecule has 0 aliphatic carbocycles. The number of likely N-dealkylation sites (N-methyl/N-ethyl adjacent to an activating group) is 1. The fraction of sp³-hybridized carbons (Fsp3) is 0.286. The standard InChI is InChI=1S/C14H17N3O/c1-3-15-9-14(18)17-13-8-10(2)16-12-7-5-4-6-11(12)13/h4-8,15H,3,9H2,1-2H3,(H,16,17,18). The molecule has 1 heterocycles. The van der Waals surface area contributed by atoms with Crippen molar-refractivity contribution in [2.75, 3.05) is 18.4 Å². The summed E-state index contributed by atoms with van der Waals surface area (Å²) in [6, 6.07) is 9.69. The summed E-state index contributed by atoms with van der Waals surface area (Å²) in [5.74, 6) is -0.0346. The number of carbonyl (C=O) groups excluding carboxylic acids is 1. The van der Waals surface area contributed by atoms with Gasteiger partial charge in [0.05, 0.1) is 17.7 Å². The maximum absolute atomic E-state index is 11.7. The summed E-state index contributed by atoms with van der Waals surface area (Å²) >= 11 is 0. The lowest BCUT2D eigenvalue weighted by Gasteiger charge is -2.09. The molecular formula is C14H17N3O. The van der Waals surface area contributed by atoms with Crippen LogP contribution < -0.4 is 10.6 Å². The molecule has 0 saturated heterocycles. The minimum atomic E-state index is -0.0346. The van der Waals surface area contributed by atoms with Crippen LogP contribution in [0.5, 0.6) is 0 Å². The molecule has 0 fully saturated rings. The molecule has 0 saturated carbocycles. The maximum atomic E-state index is 11.7. The number of para-hydroxylation sites is 1. The van der Waals surface area contributed by atoms with Gasteiger partial charge in [0.2, 0.25) is 5.91 Å². The predicted octanol–water partition coefficient (Wildman–Crippen LogP) is 2.09. The Kier molecular flexibility index (Phi) is 3.89. The third kappa shape index (κ3) is 2.84. The van der Waals surface area contributed by atoms with Crippen LogP contribution in [0.15, 0.2) is 30.3 Å². The number of carbonyl (C=O) groups is 1. The summed E-state index contributed by atoms with van der Waals surface area (Å²) < 4.78 is 0. The van der Waals surface area contributed by atoms with Crippen molar-refractivity contribution < 1.29 is 4.79 Å². The van der Waals surface area contributed by atoms with Gasteiger partial charge in [-0.25, -0.2) is 0 Å². The Labute approximate surface area is 106 Å². The molecule has 0 atom stereocenters. The number of fused-ring (bicyclic) bond motifs is 1. The lowest BCUT2D eigenvalue weighted by Crippen LogP contribution is -2.27. The average Bonchev–Trinajstić information content (AvgIpc) is 2.36. The van der Waals surface area contributed by atoms with Crippen LogP contribution in [0.1, 0.15) is 12.6 Å². The Morgan fingerprint density at radius 3 is 2.89 bits per heavy atom. The lowest BCUT2D eigenvalue weighted by atomic mass is 10.1. The molecule has 94 valence electrons. The molecule has 1 aromatic heterocycles. The zero-order valence-corrected chi connectivity index (χ0v) is 10.7. The normalized spacial score (nSPS) is 10.6. The third-order valence-electron chi connectivity index (χ3n) is 2.65. The Balaban J connectivity index is 2.29. The van der Waals surface area contributed by atoms with Gasteiger partial charge in [0, 0.05) is 11.1 Å². The number of nitrogens with one attached hydrogen (secondary N) is 2. The number of aryl methyl sites for hydroxylation is 1. The number of hydrogen-bond acceptors (Lipinski definition) is 3. The summed E-state index contributed by atoms with van der Waals surface area (Å²) in [5.41, 5.74) is 2.62. The van der Waals surface area contributed by atoms with E-state index in [1.165, 1.54) is 0 Å². The maximum Gasteiger partial charge on any atom is 0.238 e. The highest BCUT2D eigenvalue weighted by atomic mass is 16.1. The number of benzene rings is 1. The molecule has 18 heavy (non-hydrogen) atoms. The minimum absolute atomic E-state index is 0.0346. The molecule has 1 amide bonds. The largest absolute Gasteiger partial charge is 0.324 e. The van der Waals surface area contributed by atoms with Crippen molar-refractivity contribution in [1.29, 1.82) is 0 Å². The van der Waals surface area contributed by atoms with E-state index in [1.54, 1.807) is 0 Å². The highest BCUT2D eigenvalue weighted by Gasteiger charge is 2.06. The van der Waals surface area contributed by atoms with E-state index in [9.17, 15) is 4.79 Å². The molecule has 0 aliphatic rings. The van der Waals surface area contributed by atoms with Gasteiger partial charge in [-0.15, -0.1) is 0 Å². The molecule has 2 rings (SSSR count). The van der Waals surface area contributed by atoms with E-state index in [-0.39, 0.29) is 5.91 Å². The molecule has 1 aromatic carbocycles. The van der Waals surface area contributed by atoms with Gasteiger partial charge >= 0.3 is 0 Å². The van der Waals surface area contributed by atoms with Crippen LogP contribution in [0, 0.1) is 6.92 Å². The summed E-state index contributed by atoms with van der Waals surface area (Å²) in [7, 11) is 0. The van der Waals surface area contributed by atoms with E-state index >= 15 is 0 Å². The number of nitrogens with zero attached hydrogens (tertiary/aromatic N) is 1. The van der Waals surface area contributed by atoms with Gasteiger partial charge in [-0.1, -0.05) is 25.1 Å². The highest BCUT2D eigenvalue weighted by Crippen LogP contribution is 2.22. The molecule has 0 bridgehead atoms. The van der Waals surface area contributed by atoms with Crippen LogP contribution >= 0.6 is 0 Å². The van der Waals surface area contributed by atoms with E-state index in [4.69, 9.17) is 0 Å². The summed E-state index contributed by atoms with van der Waals surface area (Å²) in [6.07, 6.45) is 0. The van der Waals surface area contributed by atoms with Crippen molar-refractivity contribution in [1.82, 2.24) is 10.3 Å². The molecular weight excluding hydrogens is 226 g/mol. The zero-order chi connectivity index (χ0) is 13.0. The van der Waals surface area contributed by atoms with E-state index in [0.717, 1.165) is 28.8 Å². The van der Waals surface area contributed by atoms with Gasteiger partial charge in [-0.05, 0) is 25.6 Å². The van der Waals surface area contributed by atoms with E-state index in [0.29, 0.717) is 6.54 Å². The highest BCUT2D eigenvalue weighted by molar-refractivity contribution is 6.01. The summed E-state index contributed by atoms with van der Waals surface area (Å²) in [5, 5.41) is 6.89. The van der Waals surface area contributed by atoms with E-state index in [1.807, 2.05) is 44.2 Å². The van der Waals surface area contributed by atoms with Gasteiger partial charge in [-0.3, -0.25) is 9.78 Å². The van der Waals surface area contributed by atoms with Crippen LogP contribution in [0.2, 0.25) is 0 Å². The van der Waals surface area contributed by atoms with Crippen molar-refractivity contribution >= 4 is 22.5 Å². The molecule has 0 spiro atoms. The average molecular weight is 243 g/mol. The second-order valence-corrected chi connectivity index (χ2v) is 4.16. The first-order chi connectivity index (χ1) is 8.70. The third-order valence-corrected chi connectivity index (χ3v) is 2.65. The van der Waals surface area contributed by atoms with Gasteiger partial charge < -0.3 is 10.6 Å². The monoisotopic (exact) mass is 243 g/mol. The predicted molar refractivity (Wildman–Crippen MR) is 73.7 cm³/mol. The Bertz CT molecular complexity index is 566. The molecule has 2 N–H and O–H groups in total. The van der Waals surface area contributed by atoms with E-state index in [2.05, 4.69) is 15.6 Å². The van der Waals surface area contributed by atoms with Gasteiger partial charge in [0.25, 0.3) is 0 Å². The number of aromatic nitrogens is 1. The van der Waals surface area contributed by atoms with Crippen molar-refractivity contribution in [3.8, 4) is 0 Å². The van der Waals surface area contributed by atoms with Crippen molar-refractivity contribution in [3.63, 3.8) is 0 Å². The van der Waals surface area contributed by atoms with Crippen molar-refractivity contribution in [2.45, 2.75) is 13.8 Å². The second kappa shape index (κ2) is 5.60. The van der Waals surface area contributed by atoms with Gasteiger partial charge in [-0.2, -0.15) is 0 Å². The lowest BCUT2D eigenvalue weighted by molar-refractivity contribution is -0.115. The van der Waals surface area contributed by atoms with Crippen molar-refractivity contribution in [3.05, 3.63) is 36.0 Å². The molecule has 4 nitrogen and oxygen atoms in total. The molecule has 0 aliphatic heterocycles. The summed E-state index contributed by atoms with van der Waals surface area (Å²) in [4.78, 5) is 16.2. The fourth-order valence-electron chi connectivity index (χ4n) is 1.84. The first-order valence-corrected chi connectivity index (χ1v) is 6.07. The molecule has 4 heteroatoms. The number of rotatable bonds is 4. The number of anilines is 1. The Morgan fingerprint density at radius 1 is 1.33 bits per heavy atom. The van der Waals surface area contributed by atoms with Gasteiger partial charge in [0.15, 0.2) is 0 Å². The Morgan fingerprint density at radius 2 is 2.11 bits per heavy atom. The quantitative estimate of drug-likeness (QED) is 0.864. The van der Waals surface area contributed by atoms with Crippen molar-refractivity contribution in [2.24, 2.45) is 0 Å². The zero-order valence-electron chi connectivity index (χ0n) is 10.7. The molecule has 2 aromatic rings. The van der Waals surface area contributed by atoms with Crippen LogP contribution in [-0.2, 0) is 4.79 Å². The first kappa shape index (κ1) is 12.5.